The van der Waals surface area contributed by atoms with Crippen LogP contribution in [0.1, 0.15) is 74.1 Å². The lowest BCUT2D eigenvalue weighted by Gasteiger charge is -2.34. The predicted octanol–water partition coefficient (Wildman–Crippen LogP) is 4.43. The van der Waals surface area contributed by atoms with Gasteiger partial charge in [0.05, 0.1) is 11.4 Å². The number of carbonyl (C=O) groups excluding carboxylic acids is 3. The number of para-hydroxylation sites is 2. The lowest BCUT2D eigenvalue weighted by atomic mass is 9.88. The number of aromatic hydroxyl groups is 1. The number of hydrogen-bond acceptors (Lipinski definition) is 8. The van der Waals surface area contributed by atoms with Crippen molar-refractivity contribution >= 4 is 47.2 Å². The van der Waals surface area contributed by atoms with Crippen molar-refractivity contribution in [3.05, 3.63) is 70.9 Å². The summed E-state index contributed by atoms with van der Waals surface area (Å²) >= 11 is 0. The molecule has 1 unspecified atom stereocenters. The number of rotatable bonds is 11. The van der Waals surface area contributed by atoms with Gasteiger partial charge >= 0.3 is 0 Å². The molecular formula is C36H49N7O4. The number of anilines is 3. The van der Waals surface area contributed by atoms with Crippen molar-refractivity contribution in [1.82, 2.24) is 15.2 Å². The molecule has 11 heteroatoms. The summed E-state index contributed by atoms with van der Waals surface area (Å²) in [4.78, 5) is 45.6. The van der Waals surface area contributed by atoms with Crippen LogP contribution in [0.4, 0.5) is 17.2 Å². The number of carbonyl (C=O) groups is 3. The summed E-state index contributed by atoms with van der Waals surface area (Å²) in [5, 5.41) is 12.6. The van der Waals surface area contributed by atoms with E-state index in [2.05, 4.69) is 21.3 Å². The summed E-state index contributed by atoms with van der Waals surface area (Å²) in [5.41, 5.74) is 18.4. The number of piperidine rings is 2. The molecule has 5 rings (SSSR count). The van der Waals surface area contributed by atoms with Crippen molar-refractivity contribution in [2.24, 2.45) is 5.73 Å². The van der Waals surface area contributed by atoms with Crippen molar-refractivity contribution in [2.45, 2.75) is 64.3 Å². The monoisotopic (exact) mass is 643 g/mol. The van der Waals surface area contributed by atoms with Crippen LogP contribution in [0.25, 0.3) is 11.8 Å². The zero-order chi connectivity index (χ0) is 34.1. The number of H-pyrrole nitrogens is 1. The Kier molecular flexibility index (Phi) is 12.1. The normalized spacial score (nSPS) is 17.4. The maximum absolute atomic E-state index is 12.6. The molecule has 3 amide bonds. The van der Waals surface area contributed by atoms with Gasteiger partial charge in [-0.2, -0.15) is 0 Å². The van der Waals surface area contributed by atoms with Gasteiger partial charge in [-0.25, -0.2) is 0 Å². The number of nitrogens with one attached hydrogen (secondary N) is 2. The first-order valence-electron chi connectivity index (χ1n) is 16.5. The number of phenols is 1. The van der Waals surface area contributed by atoms with Crippen molar-refractivity contribution in [2.75, 3.05) is 49.3 Å². The standard InChI is InChI=1S/C34H43N7O4.C2H6/c1-39(2)32-23(7-5-10-28(32)41(21-42)29-12-13-31(44)38-34(29)45)8-6-16-40-17-14-22(15-18-40)26-20-37-33(36)25(26)19-27(35)24-9-3-4-11-30(24)43;1-2/h3-5,7,9-11,19-22,29,37,43H,6,8,12-18,35-36H2,1-2H3,(H,38,44,45);1-2H3/b27-19-;. The number of nitrogens with two attached hydrogens (primary N) is 2. The second-order valence-electron chi connectivity index (χ2n) is 12.1. The molecule has 1 atom stereocenters. The number of hydrogen-bond donors (Lipinski definition) is 5. The Hall–Kier alpha value is -4.77. The van der Waals surface area contributed by atoms with Gasteiger partial charge in [-0.1, -0.05) is 38.1 Å². The molecule has 2 fully saturated rings. The van der Waals surface area contributed by atoms with Crippen molar-refractivity contribution in [3.8, 4) is 5.75 Å². The van der Waals surface area contributed by atoms with Gasteiger partial charge in [0.15, 0.2) is 0 Å². The molecule has 47 heavy (non-hydrogen) atoms. The lowest BCUT2D eigenvalue weighted by molar-refractivity contribution is -0.134. The molecule has 3 heterocycles. The number of phenolic OH excluding ortho intramolecular Hbond substituents is 1. The highest BCUT2D eigenvalue weighted by atomic mass is 16.3. The van der Waals surface area contributed by atoms with E-state index in [1.54, 1.807) is 18.2 Å². The van der Waals surface area contributed by atoms with Crippen molar-refractivity contribution in [3.63, 3.8) is 0 Å². The van der Waals surface area contributed by atoms with E-state index in [0.717, 1.165) is 67.7 Å². The van der Waals surface area contributed by atoms with Gasteiger partial charge in [0.25, 0.3) is 0 Å². The third-order valence-corrected chi connectivity index (χ3v) is 8.93. The second-order valence-corrected chi connectivity index (χ2v) is 12.1. The third kappa shape index (κ3) is 8.15. The van der Waals surface area contributed by atoms with Crippen LogP contribution in [-0.4, -0.2) is 73.0 Å². The van der Waals surface area contributed by atoms with E-state index in [1.165, 1.54) is 4.90 Å². The van der Waals surface area contributed by atoms with Crippen LogP contribution >= 0.6 is 0 Å². The molecule has 0 radical (unpaired) electrons. The molecule has 1 aromatic heterocycles. The van der Waals surface area contributed by atoms with Crippen LogP contribution in [0.15, 0.2) is 48.7 Å². The number of amides is 3. The highest BCUT2D eigenvalue weighted by Crippen LogP contribution is 2.37. The van der Waals surface area contributed by atoms with Gasteiger partial charge in [-0.05, 0) is 93.1 Å². The first-order valence-corrected chi connectivity index (χ1v) is 16.5. The van der Waals surface area contributed by atoms with Gasteiger partial charge < -0.3 is 36.3 Å². The molecule has 2 aliphatic rings. The third-order valence-electron chi connectivity index (χ3n) is 8.93. The summed E-state index contributed by atoms with van der Waals surface area (Å²) in [6.07, 6.45) is 8.77. The fourth-order valence-electron chi connectivity index (χ4n) is 6.63. The van der Waals surface area contributed by atoms with Gasteiger partial charge in [0, 0.05) is 43.5 Å². The molecule has 2 saturated heterocycles. The largest absolute Gasteiger partial charge is 0.507 e. The van der Waals surface area contributed by atoms with Crippen LogP contribution in [0, 0.1) is 0 Å². The van der Waals surface area contributed by atoms with Crippen molar-refractivity contribution < 1.29 is 19.5 Å². The molecule has 2 aromatic carbocycles. The summed E-state index contributed by atoms with van der Waals surface area (Å²) < 4.78 is 0. The van der Waals surface area contributed by atoms with E-state index >= 15 is 0 Å². The molecule has 11 nitrogen and oxygen atoms in total. The topological polar surface area (TPSA) is 161 Å². The second kappa shape index (κ2) is 16.2. The number of aryl methyl sites for hydroxylation is 1. The minimum absolute atomic E-state index is 0.134. The number of aromatic nitrogens is 1. The van der Waals surface area contributed by atoms with Gasteiger partial charge in [0.1, 0.15) is 17.6 Å². The molecule has 3 aromatic rings. The zero-order valence-electron chi connectivity index (χ0n) is 28.0. The fraction of sp³-hybridized carbons (Fsp3) is 0.417. The molecule has 0 spiro atoms. The highest BCUT2D eigenvalue weighted by molar-refractivity contribution is 6.04. The van der Waals surface area contributed by atoms with Crippen LogP contribution in [0.2, 0.25) is 0 Å². The Morgan fingerprint density at radius 3 is 2.45 bits per heavy atom. The Labute approximate surface area is 277 Å². The maximum atomic E-state index is 12.6. The maximum Gasteiger partial charge on any atom is 0.249 e. The SMILES string of the molecule is CC.CN(C)c1c(CCCN2CCC(c3c[nH]c(N)c3/C=C(\N)c3ccccc3O)CC2)cccc1N(C=O)C1CCC(=O)NC1=O. The molecule has 7 N–H and O–H groups in total. The number of benzene rings is 2. The molecular weight excluding hydrogens is 594 g/mol. The number of nitrogens with zero attached hydrogens (tertiary/aromatic N) is 3. The number of nitrogen functional groups attached to an aromatic ring is 1. The molecule has 0 saturated carbocycles. The fourth-order valence-corrected chi connectivity index (χ4v) is 6.63. The van der Waals surface area contributed by atoms with Crippen molar-refractivity contribution in [1.29, 1.82) is 0 Å². The first kappa shape index (κ1) is 35.1. The Morgan fingerprint density at radius 2 is 1.79 bits per heavy atom. The van der Waals surface area contributed by atoms with Gasteiger partial charge in [0.2, 0.25) is 18.2 Å². The Bertz CT molecular complexity index is 1570. The minimum atomic E-state index is -0.719. The molecule has 2 aliphatic heterocycles. The summed E-state index contributed by atoms with van der Waals surface area (Å²) in [7, 11) is 3.88. The summed E-state index contributed by atoms with van der Waals surface area (Å²) in [6.45, 7) is 6.86. The smallest absolute Gasteiger partial charge is 0.249 e. The summed E-state index contributed by atoms with van der Waals surface area (Å²) in [6, 6.07) is 12.1. The van der Waals surface area contributed by atoms with Gasteiger partial charge in [-0.15, -0.1) is 0 Å². The van der Waals surface area contributed by atoms with Gasteiger partial charge in [-0.3, -0.25) is 19.7 Å². The van der Waals surface area contributed by atoms with Crippen LogP contribution in [0.5, 0.6) is 5.75 Å². The zero-order valence-corrected chi connectivity index (χ0v) is 28.0. The average molecular weight is 644 g/mol. The quantitative estimate of drug-likeness (QED) is 0.152. The van der Waals surface area contributed by atoms with E-state index in [4.69, 9.17) is 11.5 Å². The van der Waals surface area contributed by atoms with E-state index < -0.39 is 11.9 Å². The predicted molar refractivity (Wildman–Crippen MR) is 189 cm³/mol. The summed E-state index contributed by atoms with van der Waals surface area (Å²) in [5.74, 6) is 0.291. The molecule has 0 bridgehead atoms. The minimum Gasteiger partial charge on any atom is -0.507 e. The Morgan fingerprint density at radius 1 is 1.06 bits per heavy atom. The van der Waals surface area contributed by atoms with Crippen LogP contribution in [0.3, 0.4) is 0 Å². The van der Waals surface area contributed by atoms with E-state index in [1.807, 2.05) is 63.3 Å². The number of likely N-dealkylation sites (tertiary alicyclic amines) is 1. The molecule has 252 valence electrons. The van der Waals surface area contributed by atoms with Crippen LogP contribution in [-0.2, 0) is 20.8 Å². The highest BCUT2D eigenvalue weighted by Gasteiger charge is 2.33. The van der Waals surface area contributed by atoms with E-state index in [-0.39, 0.29) is 18.1 Å². The van der Waals surface area contributed by atoms with E-state index in [9.17, 15) is 19.5 Å². The Balaban J connectivity index is 0.00000245. The average Bonchev–Trinajstić information content (AvgIpc) is 3.43. The lowest BCUT2D eigenvalue weighted by Crippen LogP contribution is -2.52. The number of aromatic amines is 1. The first-order chi connectivity index (χ1) is 22.7. The van der Waals surface area contributed by atoms with Crippen LogP contribution < -0.4 is 26.6 Å². The number of imide groups is 1. The van der Waals surface area contributed by atoms with E-state index in [0.29, 0.717) is 41.5 Å². The molecule has 0 aliphatic carbocycles.